The van der Waals surface area contributed by atoms with Crippen molar-refractivity contribution in [2.24, 2.45) is 0 Å². The van der Waals surface area contributed by atoms with Crippen LogP contribution in [0.25, 0.3) is 6.08 Å². The molecular formula is C29H36O15. The van der Waals surface area contributed by atoms with Gasteiger partial charge < -0.3 is 69.6 Å². The molecule has 0 unspecified atom stereocenters. The lowest BCUT2D eigenvalue weighted by Gasteiger charge is -2.43. The third-order valence-corrected chi connectivity index (χ3v) is 7.25. The first kappa shape index (κ1) is 33.4. The molecule has 4 rings (SSSR count). The van der Waals surface area contributed by atoms with Gasteiger partial charge in [0.15, 0.2) is 41.7 Å². The molecule has 9 N–H and O–H groups in total. The summed E-state index contributed by atoms with van der Waals surface area (Å²) in [5.41, 5.74) is 0.927. The lowest BCUT2D eigenvalue weighted by Crippen LogP contribution is -2.62. The Bertz CT molecular complexity index is 1300. The summed E-state index contributed by atoms with van der Waals surface area (Å²) in [6.45, 7) is 0.890. The van der Waals surface area contributed by atoms with Crippen LogP contribution in [0.3, 0.4) is 0 Å². The van der Waals surface area contributed by atoms with Crippen LogP contribution in [0.4, 0.5) is 0 Å². The second-order valence-electron chi connectivity index (χ2n) is 10.5. The molecule has 0 amide bonds. The second kappa shape index (κ2) is 14.5. The van der Waals surface area contributed by atoms with Crippen LogP contribution in [0.15, 0.2) is 42.5 Å². The summed E-state index contributed by atoms with van der Waals surface area (Å²) in [5.74, 6) is -2.37. The number of esters is 1. The van der Waals surface area contributed by atoms with E-state index in [4.69, 9.17) is 23.7 Å². The van der Waals surface area contributed by atoms with Gasteiger partial charge in [-0.15, -0.1) is 0 Å². The van der Waals surface area contributed by atoms with Gasteiger partial charge in [0, 0.05) is 6.08 Å². The van der Waals surface area contributed by atoms with E-state index in [1.54, 1.807) is 6.07 Å². The number of hydrogen-bond donors (Lipinski definition) is 9. The number of aliphatic hydroxyl groups excluding tert-OH is 5. The molecule has 2 saturated heterocycles. The second-order valence-corrected chi connectivity index (χ2v) is 10.5. The summed E-state index contributed by atoms with van der Waals surface area (Å²) in [5, 5.41) is 90.3. The van der Waals surface area contributed by atoms with E-state index in [1.807, 2.05) is 0 Å². The van der Waals surface area contributed by atoms with Crippen LogP contribution in [0.1, 0.15) is 18.1 Å². The highest BCUT2D eigenvalue weighted by Gasteiger charge is 2.49. The highest BCUT2D eigenvalue weighted by atomic mass is 16.7. The number of phenolic OH excluding ortho intramolecular Hbond substituents is 4. The molecule has 0 aliphatic carbocycles. The Hall–Kier alpha value is -3.51. The summed E-state index contributed by atoms with van der Waals surface area (Å²) >= 11 is 0. The van der Waals surface area contributed by atoms with Crippen LogP contribution in [0.2, 0.25) is 0 Å². The molecule has 242 valence electrons. The number of carbonyl (C=O) groups is 1. The molecule has 0 saturated carbocycles. The van der Waals surface area contributed by atoms with Gasteiger partial charge in [-0.05, 0) is 54.8 Å². The SMILES string of the molecule is C[C@@H]1O[C@@H](OC[C@H]2O[C@@H](OCCc3ccc(O)c(O)c3)[C@H](O)[C@@H](O)[C@@H]2OC(=O)/C=C/c2ccc(O)c(O)c2)[C@H](O)[C@H](O)[C@H]1O. The Labute approximate surface area is 251 Å². The number of aliphatic hydroxyl groups is 5. The normalized spacial score (nSPS) is 32.5. The van der Waals surface area contributed by atoms with E-state index in [-0.39, 0.29) is 30.3 Å². The van der Waals surface area contributed by atoms with E-state index in [1.165, 1.54) is 43.3 Å². The van der Waals surface area contributed by atoms with Crippen LogP contribution >= 0.6 is 0 Å². The average molecular weight is 625 g/mol. The third kappa shape index (κ3) is 7.95. The van der Waals surface area contributed by atoms with Crippen molar-refractivity contribution in [3.8, 4) is 23.0 Å². The Morgan fingerprint density at radius 3 is 2.09 bits per heavy atom. The minimum atomic E-state index is -1.75. The number of ether oxygens (including phenoxy) is 5. The van der Waals surface area contributed by atoms with E-state index in [2.05, 4.69) is 0 Å². The molecule has 15 heteroatoms. The smallest absolute Gasteiger partial charge is 0.331 e. The molecule has 2 aromatic carbocycles. The van der Waals surface area contributed by atoms with Gasteiger partial charge in [-0.2, -0.15) is 0 Å². The first-order valence-electron chi connectivity index (χ1n) is 13.7. The van der Waals surface area contributed by atoms with Crippen molar-refractivity contribution in [3.05, 3.63) is 53.6 Å². The van der Waals surface area contributed by atoms with Crippen LogP contribution in [-0.2, 0) is 34.9 Å². The van der Waals surface area contributed by atoms with E-state index >= 15 is 0 Å². The Kier molecular flexibility index (Phi) is 11.0. The van der Waals surface area contributed by atoms with Crippen LogP contribution in [0, 0.1) is 0 Å². The van der Waals surface area contributed by atoms with E-state index in [9.17, 15) is 50.8 Å². The molecule has 0 spiro atoms. The van der Waals surface area contributed by atoms with Crippen molar-refractivity contribution < 1.29 is 74.4 Å². The maximum atomic E-state index is 12.7. The van der Waals surface area contributed by atoms with Crippen molar-refractivity contribution in [3.63, 3.8) is 0 Å². The fourth-order valence-electron chi connectivity index (χ4n) is 4.66. The molecule has 2 fully saturated rings. The molecule has 2 aliphatic heterocycles. The molecule has 0 aromatic heterocycles. The molecule has 2 heterocycles. The van der Waals surface area contributed by atoms with Crippen molar-refractivity contribution in [1.82, 2.24) is 0 Å². The van der Waals surface area contributed by atoms with Crippen LogP contribution in [-0.4, -0.2) is 127 Å². The van der Waals surface area contributed by atoms with E-state index in [0.717, 1.165) is 6.08 Å². The summed E-state index contributed by atoms with van der Waals surface area (Å²) < 4.78 is 27.8. The summed E-state index contributed by atoms with van der Waals surface area (Å²) in [7, 11) is 0. The topological polar surface area (TPSA) is 245 Å². The molecular weight excluding hydrogens is 588 g/mol. The summed E-state index contributed by atoms with van der Waals surface area (Å²) in [6.07, 6.45) is -12.2. The fourth-order valence-corrected chi connectivity index (χ4v) is 4.66. The number of phenols is 4. The third-order valence-electron chi connectivity index (χ3n) is 7.25. The standard InChI is InChI=1S/C29H36O15/c1-13-22(35)23(36)25(38)29(42-13)41-12-20-27(44-21(34)7-4-14-2-5-16(30)18(32)10-14)24(37)26(39)28(43-20)40-9-8-15-3-6-17(31)19(33)11-15/h2-7,10-11,13,20,22-33,35-39H,8-9,12H2,1H3/b7-4+/t13-,20+,22-,23+,24+,25+,26+,27+,28+,29+/m0/s1. The van der Waals surface area contributed by atoms with Crippen molar-refractivity contribution in [2.75, 3.05) is 13.2 Å². The molecule has 15 nitrogen and oxygen atoms in total. The number of aromatic hydroxyl groups is 4. The summed E-state index contributed by atoms with van der Waals surface area (Å²) in [4.78, 5) is 12.7. The number of rotatable bonds is 10. The minimum absolute atomic E-state index is 0.0645. The first-order valence-corrected chi connectivity index (χ1v) is 13.7. The van der Waals surface area contributed by atoms with Gasteiger partial charge in [0.05, 0.1) is 19.3 Å². The predicted molar refractivity (Wildman–Crippen MR) is 147 cm³/mol. The zero-order chi connectivity index (χ0) is 32.1. The first-order chi connectivity index (χ1) is 20.8. The van der Waals surface area contributed by atoms with Crippen LogP contribution in [0.5, 0.6) is 23.0 Å². The molecule has 2 aromatic rings. The van der Waals surface area contributed by atoms with Gasteiger partial charge in [-0.3, -0.25) is 0 Å². The highest BCUT2D eigenvalue weighted by molar-refractivity contribution is 5.87. The van der Waals surface area contributed by atoms with Gasteiger partial charge in [0.25, 0.3) is 0 Å². The maximum Gasteiger partial charge on any atom is 0.331 e. The minimum Gasteiger partial charge on any atom is -0.504 e. The van der Waals surface area contributed by atoms with Gasteiger partial charge in [-0.1, -0.05) is 12.1 Å². The average Bonchev–Trinajstić information content (AvgIpc) is 2.99. The number of carbonyl (C=O) groups excluding carboxylic acids is 1. The van der Waals surface area contributed by atoms with Crippen molar-refractivity contribution in [2.45, 2.75) is 74.8 Å². The number of benzene rings is 2. The lowest BCUT2D eigenvalue weighted by atomic mass is 9.98. The zero-order valence-electron chi connectivity index (χ0n) is 23.5. The summed E-state index contributed by atoms with van der Waals surface area (Å²) in [6, 6.07) is 8.00. The molecule has 10 atom stereocenters. The number of hydrogen-bond acceptors (Lipinski definition) is 15. The van der Waals surface area contributed by atoms with Crippen molar-refractivity contribution >= 4 is 12.0 Å². The molecule has 0 bridgehead atoms. The highest BCUT2D eigenvalue weighted by Crippen LogP contribution is 2.29. The predicted octanol–water partition coefficient (Wildman–Crippen LogP) is -1.02. The monoisotopic (exact) mass is 624 g/mol. The van der Waals surface area contributed by atoms with Gasteiger partial charge in [0.1, 0.15) is 36.6 Å². The van der Waals surface area contributed by atoms with E-state index in [0.29, 0.717) is 11.1 Å². The molecule has 0 radical (unpaired) electrons. The Balaban J connectivity index is 1.45. The molecule has 2 aliphatic rings. The van der Waals surface area contributed by atoms with Crippen molar-refractivity contribution in [1.29, 1.82) is 0 Å². The fraction of sp³-hybridized carbons (Fsp3) is 0.483. The van der Waals surface area contributed by atoms with Gasteiger partial charge >= 0.3 is 5.97 Å². The van der Waals surface area contributed by atoms with Crippen LogP contribution < -0.4 is 0 Å². The molecule has 44 heavy (non-hydrogen) atoms. The maximum absolute atomic E-state index is 12.7. The van der Waals surface area contributed by atoms with Gasteiger partial charge in [0.2, 0.25) is 0 Å². The van der Waals surface area contributed by atoms with Gasteiger partial charge in [-0.25, -0.2) is 4.79 Å². The quantitative estimate of drug-likeness (QED) is 0.0873. The van der Waals surface area contributed by atoms with E-state index < -0.39 is 79.7 Å². The Morgan fingerprint density at radius 1 is 0.773 bits per heavy atom. The lowest BCUT2D eigenvalue weighted by molar-refractivity contribution is -0.328. The Morgan fingerprint density at radius 2 is 1.41 bits per heavy atom. The largest absolute Gasteiger partial charge is 0.504 e. The zero-order valence-corrected chi connectivity index (χ0v) is 23.5.